The van der Waals surface area contributed by atoms with E-state index in [0.717, 1.165) is 38.5 Å². The fourth-order valence-corrected chi connectivity index (χ4v) is 8.70. The van der Waals surface area contributed by atoms with Crippen LogP contribution in [0.1, 0.15) is 69.0 Å². The standard InChI is InChI=1S/C41H36S/c1-3-9-30(10-4-1)32-18-15-28(16-19-32)25-35(31-11-5-2-6-12-31)27-29-17-23-36-34(26-29)21-20-33-22-24-38-37-13-7-8-14-39(37)42-41(38)40(33)36/h2-3,5-7,9-13,15-19,22-24,26,35H,1,4,8,14,20-21,25,27H2. The SMILES string of the molecule is C1=CC(c2ccc(CC(Cc3ccc4c(c3)CCc3ccc5c6c(sc5c3-4)CCC=C6)c3ccccc3)cc2)=CCC1. The Bertz CT molecular complexity index is 1860. The molecule has 8 rings (SSSR count). The van der Waals surface area contributed by atoms with Gasteiger partial charge in [0.15, 0.2) is 0 Å². The first kappa shape index (κ1) is 25.7. The second kappa shape index (κ2) is 11.0. The third kappa shape index (κ3) is 4.80. The maximum atomic E-state index is 2.53. The Morgan fingerprint density at radius 1 is 0.667 bits per heavy atom. The van der Waals surface area contributed by atoms with Crippen molar-refractivity contribution in [2.24, 2.45) is 0 Å². The molecule has 0 saturated heterocycles. The lowest BCUT2D eigenvalue weighted by atomic mass is 9.81. The molecule has 1 heteroatoms. The van der Waals surface area contributed by atoms with Crippen LogP contribution in [0.2, 0.25) is 0 Å². The summed E-state index contributed by atoms with van der Waals surface area (Å²) >= 11 is 2.04. The van der Waals surface area contributed by atoms with Crippen LogP contribution >= 0.6 is 11.3 Å². The van der Waals surface area contributed by atoms with E-state index in [1.54, 1.807) is 4.88 Å². The Morgan fingerprint density at radius 2 is 1.48 bits per heavy atom. The molecule has 206 valence electrons. The zero-order valence-corrected chi connectivity index (χ0v) is 24.9. The van der Waals surface area contributed by atoms with E-state index >= 15 is 0 Å². The van der Waals surface area contributed by atoms with Crippen LogP contribution in [0.4, 0.5) is 0 Å². The summed E-state index contributed by atoms with van der Waals surface area (Å²) in [5.41, 5.74) is 14.5. The van der Waals surface area contributed by atoms with Crippen molar-refractivity contribution in [2.75, 3.05) is 0 Å². The Balaban J connectivity index is 1.10. The molecule has 1 unspecified atom stereocenters. The normalized spacial score (nSPS) is 16.0. The van der Waals surface area contributed by atoms with E-state index in [4.69, 9.17) is 0 Å². The number of rotatable bonds is 6. The number of aryl methyl sites for hydroxylation is 3. The fraction of sp³-hybridized carbons (Fsp3) is 0.220. The van der Waals surface area contributed by atoms with Crippen LogP contribution in [-0.4, -0.2) is 0 Å². The van der Waals surface area contributed by atoms with E-state index in [1.165, 1.54) is 78.6 Å². The van der Waals surface area contributed by atoms with Crippen molar-refractivity contribution in [3.05, 3.63) is 153 Å². The Kier molecular flexibility index (Phi) is 6.77. The number of hydrogen-bond donors (Lipinski definition) is 0. The first-order valence-electron chi connectivity index (χ1n) is 15.7. The monoisotopic (exact) mass is 560 g/mol. The van der Waals surface area contributed by atoms with Gasteiger partial charge in [-0.1, -0.05) is 115 Å². The van der Waals surface area contributed by atoms with Crippen LogP contribution in [0.3, 0.4) is 0 Å². The maximum Gasteiger partial charge on any atom is 0.0433 e. The highest BCUT2D eigenvalue weighted by Gasteiger charge is 2.23. The number of hydrogen-bond acceptors (Lipinski definition) is 1. The molecule has 0 fully saturated rings. The number of fused-ring (bicyclic) bond motifs is 7. The molecule has 5 aromatic rings. The summed E-state index contributed by atoms with van der Waals surface area (Å²) in [6.07, 6.45) is 20.7. The molecule has 0 aliphatic heterocycles. The Labute approximate surface area is 253 Å². The molecule has 0 nitrogen and oxygen atoms in total. The Morgan fingerprint density at radius 3 is 2.33 bits per heavy atom. The van der Waals surface area contributed by atoms with Gasteiger partial charge >= 0.3 is 0 Å². The zero-order chi connectivity index (χ0) is 27.9. The van der Waals surface area contributed by atoms with E-state index in [1.807, 2.05) is 11.3 Å². The second-order valence-corrected chi connectivity index (χ2v) is 13.3. The van der Waals surface area contributed by atoms with Gasteiger partial charge in [0, 0.05) is 20.5 Å². The summed E-state index contributed by atoms with van der Waals surface area (Å²) in [6, 6.07) is 32.7. The van der Waals surface area contributed by atoms with Crippen LogP contribution in [0.5, 0.6) is 0 Å². The van der Waals surface area contributed by atoms with Gasteiger partial charge < -0.3 is 0 Å². The molecule has 0 saturated carbocycles. The van der Waals surface area contributed by atoms with E-state index in [9.17, 15) is 0 Å². The lowest BCUT2D eigenvalue weighted by Gasteiger charge is -2.23. The lowest BCUT2D eigenvalue weighted by Crippen LogP contribution is -2.09. The minimum atomic E-state index is 0.447. The average molecular weight is 561 g/mol. The highest BCUT2D eigenvalue weighted by atomic mass is 32.1. The molecular weight excluding hydrogens is 525 g/mol. The van der Waals surface area contributed by atoms with Gasteiger partial charge in [0.2, 0.25) is 0 Å². The smallest absolute Gasteiger partial charge is 0.0433 e. The van der Waals surface area contributed by atoms with Crippen molar-refractivity contribution in [3.63, 3.8) is 0 Å². The van der Waals surface area contributed by atoms with Crippen molar-refractivity contribution in [1.82, 2.24) is 0 Å². The minimum Gasteiger partial charge on any atom is -0.139 e. The van der Waals surface area contributed by atoms with Gasteiger partial charge in [0.1, 0.15) is 0 Å². The lowest BCUT2D eigenvalue weighted by molar-refractivity contribution is 0.679. The van der Waals surface area contributed by atoms with E-state index in [-0.39, 0.29) is 0 Å². The number of benzene rings is 4. The second-order valence-electron chi connectivity index (χ2n) is 12.2. The van der Waals surface area contributed by atoms with Crippen molar-refractivity contribution in [3.8, 4) is 11.1 Å². The molecule has 0 radical (unpaired) electrons. The quantitative estimate of drug-likeness (QED) is 0.194. The average Bonchev–Trinajstić information content (AvgIpc) is 3.44. The molecule has 3 aliphatic rings. The summed E-state index contributed by atoms with van der Waals surface area (Å²) in [7, 11) is 0. The third-order valence-electron chi connectivity index (χ3n) is 9.50. The van der Waals surface area contributed by atoms with Gasteiger partial charge in [-0.2, -0.15) is 0 Å². The molecule has 1 atom stereocenters. The topological polar surface area (TPSA) is 0 Å². The molecule has 1 aromatic heterocycles. The largest absolute Gasteiger partial charge is 0.139 e. The van der Waals surface area contributed by atoms with Gasteiger partial charge in [0.05, 0.1) is 0 Å². The number of thiophene rings is 1. The van der Waals surface area contributed by atoms with E-state index in [0.29, 0.717) is 5.92 Å². The van der Waals surface area contributed by atoms with Gasteiger partial charge in [-0.3, -0.25) is 0 Å². The van der Waals surface area contributed by atoms with E-state index in [2.05, 4.69) is 115 Å². The predicted octanol–water partition coefficient (Wildman–Crippen LogP) is 10.9. The number of allylic oxidation sites excluding steroid dienone is 5. The van der Waals surface area contributed by atoms with Gasteiger partial charge in [-0.15, -0.1) is 11.3 Å². The molecule has 0 spiro atoms. The summed E-state index contributed by atoms with van der Waals surface area (Å²) < 4.78 is 1.50. The first-order chi connectivity index (χ1) is 20.8. The van der Waals surface area contributed by atoms with Crippen LogP contribution in [0, 0.1) is 0 Å². The van der Waals surface area contributed by atoms with Crippen molar-refractivity contribution in [2.45, 2.75) is 57.3 Å². The van der Waals surface area contributed by atoms with Crippen LogP contribution < -0.4 is 0 Å². The first-order valence-corrected chi connectivity index (χ1v) is 16.5. The molecule has 42 heavy (non-hydrogen) atoms. The summed E-state index contributed by atoms with van der Waals surface area (Å²) in [5.74, 6) is 0.447. The van der Waals surface area contributed by atoms with Crippen LogP contribution in [0.25, 0.3) is 32.9 Å². The van der Waals surface area contributed by atoms with Gasteiger partial charge in [-0.05, 0) is 107 Å². The van der Waals surface area contributed by atoms with Crippen molar-refractivity contribution in [1.29, 1.82) is 0 Å². The molecule has 4 aromatic carbocycles. The summed E-state index contributed by atoms with van der Waals surface area (Å²) in [4.78, 5) is 1.57. The fourth-order valence-electron chi connectivity index (χ4n) is 7.31. The highest BCUT2D eigenvalue weighted by molar-refractivity contribution is 7.20. The predicted molar refractivity (Wildman–Crippen MR) is 181 cm³/mol. The van der Waals surface area contributed by atoms with Crippen LogP contribution in [-0.2, 0) is 32.1 Å². The minimum absolute atomic E-state index is 0.447. The molecule has 0 bridgehead atoms. The molecule has 0 N–H and O–H groups in total. The van der Waals surface area contributed by atoms with E-state index < -0.39 is 0 Å². The van der Waals surface area contributed by atoms with Crippen molar-refractivity contribution < 1.29 is 0 Å². The molecule has 1 heterocycles. The molecule has 3 aliphatic carbocycles. The zero-order valence-electron chi connectivity index (χ0n) is 24.1. The highest BCUT2D eigenvalue weighted by Crippen LogP contribution is 2.46. The van der Waals surface area contributed by atoms with Gasteiger partial charge in [-0.25, -0.2) is 0 Å². The third-order valence-corrected chi connectivity index (χ3v) is 10.8. The molecular formula is C41H36S. The van der Waals surface area contributed by atoms with Crippen LogP contribution in [0.15, 0.2) is 109 Å². The van der Waals surface area contributed by atoms with Crippen molar-refractivity contribution >= 4 is 33.1 Å². The Hall–Kier alpha value is -3.94. The van der Waals surface area contributed by atoms with Gasteiger partial charge in [0.25, 0.3) is 0 Å². The maximum absolute atomic E-state index is 2.53. The summed E-state index contributed by atoms with van der Waals surface area (Å²) in [6.45, 7) is 0. The summed E-state index contributed by atoms with van der Waals surface area (Å²) in [5, 5.41) is 1.45. The molecule has 0 amide bonds.